The minimum absolute atomic E-state index is 0.0809. The third-order valence-electron chi connectivity index (χ3n) is 2.37. The van der Waals surface area contributed by atoms with Crippen LogP contribution in [0.1, 0.15) is 15.9 Å². The molecule has 0 bridgehead atoms. The van der Waals surface area contributed by atoms with Gasteiger partial charge in [0, 0.05) is 17.5 Å². The van der Waals surface area contributed by atoms with Gasteiger partial charge in [-0.05, 0) is 35.6 Å². The van der Waals surface area contributed by atoms with Gasteiger partial charge in [-0.15, -0.1) is 0 Å². The van der Waals surface area contributed by atoms with Crippen molar-refractivity contribution in [2.24, 2.45) is 0 Å². The first-order chi connectivity index (χ1) is 8.25. The number of thiophene rings is 1. The highest BCUT2D eigenvalue weighted by molar-refractivity contribution is 7.08. The summed E-state index contributed by atoms with van der Waals surface area (Å²) in [7, 11) is 0. The molecule has 0 radical (unpaired) electrons. The summed E-state index contributed by atoms with van der Waals surface area (Å²) in [5, 5.41) is 6.46. The van der Waals surface area contributed by atoms with Crippen molar-refractivity contribution in [1.82, 2.24) is 5.32 Å². The summed E-state index contributed by atoms with van der Waals surface area (Å²) >= 11 is 1.49. The number of halogens is 1. The second-order valence-corrected chi connectivity index (χ2v) is 4.43. The Labute approximate surface area is 103 Å². The summed E-state index contributed by atoms with van der Waals surface area (Å²) in [5.41, 5.74) is 1.56. The molecule has 1 amide bonds. The molecule has 0 saturated heterocycles. The number of carbonyl (C=O) groups is 1. The first-order valence-corrected chi connectivity index (χ1v) is 6.25. The molecule has 2 nitrogen and oxygen atoms in total. The monoisotopic (exact) mass is 249 g/mol. The number of carbonyl (C=O) groups excluding carboxylic acids is 1. The van der Waals surface area contributed by atoms with Crippen LogP contribution >= 0.6 is 11.3 Å². The number of hydrogen-bond acceptors (Lipinski definition) is 2. The van der Waals surface area contributed by atoms with Crippen LogP contribution in [0.3, 0.4) is 0 Å². The van der Waals surface area contributed by atoms with Crippen molar-refractivity contribution < 1.29 is 9.18 Å². The molecule has 1 heterocycles. The Bertz CT molecular complexity index is 496. The minimum Gasteiger partial charge on any atom is -0.352 e. The Morgan fingerprint density at radius 3 is 2.94 bits per heavy atom. The third-order valence-corrected chi connectivity index (χ3v) is 3.05. The van der Waals surface area contributed by atoms with Crippen molar-refractivity contribution in [3.8, 4) is 0 Å². The van der Waals surface area contributed by atoms with Gasteiger partial charge in [-0.3, -0.25) is 4.79 Å². The van der Waals surface area contributed by atoms with E-state index in [1.807, 2.05) is 11.4 Å². The van der Waals surface area contributed by atoms with E-state index in [9.17, 15) is 9.18 Å². The van der Waals surface area contributed by atoms with Crippen LogP contribution in [0, 0.1) is 5.82 Å². The molecule has 4 heteroatoms. The SMILES string of the molecule is O=C(NCCc1cccc(F)c1)c1ccsc1. The molecule has 0 spiro atoms. The Hall–Kier alpha value is -1.68. The van der Waals surface area contributed by atoms with Crippen LogP contribution < -0.4 is 5.32 Å². The zero-order chi connectivity index (χ0) is 12.1. The predicted molar refractivity (Wildman–Crippen MR) is 66.8 cm³/mol. The zero-order valence-corrected chi connectivity index (χ0v) is 9.97. The molecule has 17 heavy (non-hydrogen) atoms. The Kier molecular flexibility index (Phi) is 3.88. The van der Waals surface area contributed by atoms with E-state index in [1.54, 1.807) is 17.5 Å². The molecule has 2 rings (SSSR count). The largest absolute Gasteiger partial charge is 0.352 e. The number of benzene rings is 1. The average molecular weight is 249 g/mol. The van der Waals surface area contributed by atoms with E-state index in [2.05, 4.69) is 5.32 Å². The van der Waals surface area contributed by atoms with E-state index in [0.717, 1.165) is 5.56 Å². The number of nitrogens with one attached hydrogen (secondary N) is 1. The lowest BCUT2D eigenvalue weighted by molar-refractivity contribution is 0.0954. The van der Waals surface area contributed by atoms with Crippen molar-refractivity contribution in [1.29, 1.82) is 0 Å². The highest BCUT2D eigenvalue weighted by Crippen LogP contribution is 2.06. The second kappa shape index (κ2) is 5.59. The lowest BCUT2D eigenvalue weighted by atomic mass is 10.1. The molecule has 0 atom stereocenters. The molecule has 88 valence electrons. The second-order valence-electron chi connectivity index (χ2n) is 3.65. The molecule has 1 aromatic carbocycles. The summed E-state index contributed by atoms with van der Waals surface area (Å²) in [6.45, 7) is 0.512. The highest BCUT2D eigenvalue weighted by atomic mass is 32.1. The lowest BCUT2D eigenvalue weighted by Gasteiger charge is -2.04. The molecule has 0 unspecified atom stereocenters. The maximum absolute atomic E-state index is 12.9. The first-order valence-electron chi connectivity index (χ1n) is 5.30. The van der Waals surface area contributed by atoms with Crippen LogP contribution in [0.25, 0.3) is 0 Å². The Morgan fingerprint density at radius 1 is 1.35 bits per heavy atom. The lowest BCUT2D eigenvalue weighted by Crippen LogP contribution is -2.25. The molecule has 0 saturated carbocycles. The van der Waals surface area contributed by atoms with Gasteiger partial charge in [-0.25, -0.2) is 4.39 Å². The van der Waals surface area contributed by atoms with Crippen molar-refractivity contribution >= 4 is 17.2 Å². The smallest absolute Gasteiger partial charge is 0.252 e. The maximum Gasteiger partial charge on any atom is 0.252 e. The maximum atomic E-state index is 12.9. The topological polar surface area (TPSA) is 29.1 Å². The van der Waals surface area contributed by atoms with Crippen LogP contribution in [0.4, 0.5) is 4.39 Å². The summed E-state index contributed by atoms with van der Waals surface area (Å²) < 4.78 is 12.9. The van der Waals surface area contributed by atoms with Crippen LogP contribution in [-0.4, -0.2) is 12.5 Å². The molecule has 2 aromatic rings. The van der Waals surface area contributed by atoms with Gasteiger partial charge >= 0.3 is 0 Å². The van der Waals surface area contributed by atoms with Gasteiger partial charge in [0.25, 0.3) is 5.91 Å². The summed E-state index contributed by atoms with van der Waals surface area (Å²) in [5.74, 6) is -0.325. The van der Waals surface area contributed by atoms with E-state index in [1.165, 1.54) is 23.5 Å². The number of amides is 1. The van der Waals surface area contributed by atoms with Gasteiger partial charge in [0.2, 0.25) is 0 Å². The van der Waals surface area contributed by atoms with Gasteiger partial charge in [-0.1, -0.05) is 12.1 Å². The molecule has 0 aliphatic heterocycles. The van der Waals surface area contributed by atoms with Crippen LogP contribution in [-0.2, 0) is 6.42 Å². The fourth-order valence-corrected chi connectivity index (χ4v) is 2.14. The van der Waals surface area contributed by atoms with E-state index in [4.69, 9.17) is 0 Å². The molecular weight excluding hydrogens is 237 g/mol. The summed E-state index contributed by atoms with van der Waals surface area (Å²) in [6, 6.07) is 8.19. The van der Waals surface area contributed by atoms with Gasteiger partial charge in [0.1, 0.15) is 5.82 Å². The van der Waals surface area contributed by atoms with Crippen molar-refractivity contribution in [2.45, 2.75) is 6.42 Å². The zero-order valence-electron chi connectivity index (χ0n) is 9.15. The highest BCUT2D eigenvalue weighted by Gasteiger charge is 2.04. The first kappa shape index (κ1) is 11.8. The minimum atomic E-state index is -0.244. The Morgan fingerprint density at radius 2 is 2.24 bits per heavy atom. The van der Waals surface area contributed by atoms with Crippen molar-refractivity contribution in [2.75, 3.05) is 6.54 Å². The summed E-state index contributed by atoms with van der Waals surface area (Å²) in [4.78, 5) is 11.6. The van der Waals surface area contributed by atoms with Crippen molar-refractivity contribution in [3.63, 3.8) is 0 Å². The standard InChI is InChI=1S/C13H12FNOS/c14-12-3-1-2-10(8-12)4-6-15-13(16)11-5-7-17-9-11/h1-3,5,7-9H,4,6H2,(H,15,16). The van der Waals surface area contributed by atoms with Gasteiger partial charge in [0.05, 0.1) is 0 Å². The van der Waals surface area contributed by atoms with Gasteiger partial charge in [0.15, 0.2) is 0 Å². The fourth-order valence-electron chi connectivity index (χ4n) is 1.51. The third kappa shape index (κ3) is 3.39. The predicted octanol–water partition coefficient (Wildman–Crippen LogP) is 2.86. The normalized spacial score (nSPS) is 10.2. The Balaban J connectivity index is 1.82. The number of hydrogen-bond donors (Lipinski definition) is 1. The molecule has 0 fully saturated rings. The summed E-state index contributed by atoms with van der Waals surface area (Å²) in [6.07, 6.45) is 0.633. The number of rotatable bonds is 4. The van der Waals surface area contributed by atoms with E-state index in [0.29, 0.717) is 18.5 Å². The molecule has 1 aromatic heterocycles. The molecule has 1 N–H and O–H groups in total. The van der Waals surface area contributed by atoms with E-state index >= 15 is 0 Å². The molecular formula is C13H12FNOS. The fraction of sp³-hybridized carbons (Fsp3) is 0.154. The van der Waals surface area contributed by atoms with Gasteiger partial charge in [-0.2, -0.15) is 11.3 Å². The quantitative estimate of drug-likeness (QED) is 0.887. The van der Waals surface area contributed by atoms with E-state index < -0.39 is 0 Å². The molecule has 0 aliphatic carbocycles. The van der Waals surface area contributed by atoms with Crippen LogP contribution in [0.15, 0.2) is 41.1 Å². The van der Waals surface area contributed by atoms with E-state index in [-0.39, 0.29) is 11.7 Å². The van der Waals surface area contributed by atoms with Gasteiger partial charge < -0.3 is 5.32 Å². The average Bonchev–Trinajstić information content (AvgIpc) is 2.82. The molecule has 0 aliphatic rings. The van der Waals surface area contributed by atoms with Crippen molar-refractivity contribution in [3.05, 3.63) is 58.0 Å². The van der Waals surface area contributed by atoms with Crippen LogP contribution in [0.2, 0.25) is 0 Å². The van der Waals surface area contributed by atoms with Crippen LogP contribution in [0.5, 0.6) is 0 Å².